The molecule has 0 bridgehead atoms. The molecule has 1 heterocycles. The molecule has 1 N–H and O–H groups in total. The number of carbonyl (C=O) groups excluding carboxylic acids is 1. The van der Waals surface area contributed by atoms with Crippen molar-refractivity contribution in [1.29, 1.82) is 0 Å². The van der Waals surface area contributed by atoms with Gasteiger partial charge in [-0.25, -0.2) is 9.37 Å². The standard InChI is InChI=1S/C24H18F3N3O3S/c1-14(21(31)28-16-8-6-15(25)7-9-16)34-24-29-20-5-3-2-4-19(20)22(32)30(24)17-10-12-18(13-11-17)33-23(26)27/h2-14,23H,1H3,(H,28,31). The first-order chi connectivity index (χ1) is 16.3. The number of nitrogens with one attached hydrogen (secondary N) is 1. The van der Waals surface area contributed by atoms with Crippen molar-refractivity contribution in [3.8, 4) is 11.4 Å². The van der Waals surface area contributed by atoms with Crippen molar-refractivity contribution < 1.29 is 22.7 Å². The highest BCUT2D eigenvalue weighted by Gasteiger charge is 2.21. The zero-order valence-corrected chi connectivity index (χ0v) is 18.6. The summed E-state index contributed by atoms with van der Waals surface area (Å²) in [6.45, 7) is -1.32. The van der Waals surface area contributed by atoms with Crippen LogP contribution < -0.4 is 15.6 Å². The van der Waals surface area contributed by atoms with E-state index in [1.807, 2.05) is 0 Å². The first kappa shape index (κ1) is 23.4. The third kappa shape index (κ3) is 5.23. The molecule has 0 aliphatic carbocycles. The Labute approximate surface area is 196 Å². The predicted octanol–water partition coefficient (Wildman–Crippen LogP) is 5.25. The second-order valence-electron chi connectivity index (χ2n) is 7.18. The molecular weight excluding hydrogens is 467 g/mol. The van der Waals surface area contributed by atoms with Crippen LogP contribution >= 0.6 is 11.8 Å². The molecule has 1 atom stereocenters. The quantitative estimate of drug-likeness (QED) is 0.286. The number of amides is 1. The molecule has 4 rings (SSSR count). The lowest BCUT2D eigenvalue weighted by molar-refractivity contribution is -0.115. The Morgan fingerprint density at radius 1 is 1.03 bits per heavy atom. The van der Waals surface area contributed by atoms with Crippen molar-refractivity contribution in [2.45, 2.75) is 23.9 Å². The maximum absolute atomic E-state index is 13.3. The molecule has 174 valence electrons. The molecule has 1 unspecified atom stereocenters. The molecule has 34 heavy (non-hydrogen) atoms. The number of ether oxygens (including phenoxy) is 1. The fraction of sp³-hybridized carbons (Fsp3) is 0.125. The molecule has 3 aromatic carbocycles. The lowest BCUT2D eigenvalue weighted by Gasteiger charge is -2.17. The van der Waals surface area contributed by atoms with Gasteiger partial charge in [0.15, 0.2) is 5.16 Å². The van der Waals surface area contributed by atoms with Crippen molar-refractivity contribution >= 4 is 34.3 Å². The van der Waals surface area contributed by atoms with E-state index in [-0.39, 0.29) is 22.4 Å². The summed E-state index contributed by atoms with van der Waals surface area (Å²) in [4.78, 5) is 30.6. The van der Waals surface area contributed by atoms with E-state index < -0.39 is 17.7 Å². The maximum atomic E-state index is 13.3. The van der Waals surface area contributed by atoms with Crippen molar-refractivity contribution in [3.05, 3.63) is 89.0 Å². The molecule has 10 heteroatoms. The van der Waals surface area contributed by atoms with Crippen LogP contribution in [0.3, 0.4) is 0 Å². The number of nitrogens with zero attached hydrogens (tertiary/aromatic N) is 2. The van der Waals surface area contributed by atoms with Crippen LogP contribution in [0.5, 0.6) is 5.75 Å². The van der Waals surface area contributed by atoms with E-state index in [1.54, 1.807) is 31.2 Å². The predicted molar refractivity (Wildman–Crippen MR) is 124 cm³/mol. The number of rotatable bonds is 7. The lowest BCUT2D eigenvalue weighted by Crippen LogP contribution is -2.26. The molecule has 0 saturated carbocycles. The van der Waals surface area contributed by atoms with Gasteiger partial charge in [-0.1, -0.05) is 23.9 Å². The van der Waals surface area contributed by atoms with Gasteiger partial charge in [-0.2, -0.15) is 8.78 Å². The third-order valence-electron chi connectivity index (χ3n) is 4.83. The summed E-state index contributed by atoms with van der Waals surface area (Å²) >= 11 is 1.05. The highest BCUT2D eigenvalue weighted by atomic mass is 32.2. The first-order valence-electron chi connectivity index (χ1n) is 10.1. The Hall–Kier alpha value is -3.79. The van der Waals surface area contributed by atoms with Crippen LogP contribution in [0.4, 0.5) is 18.9 Å². The zero-order valence-electron chi connectivity index (χ0n) is 17.7. The van der Waals surface area contributed by atoms with Gasteiger partial charge >= 0.3 is 6.61 Å². The summed E-state index contributed by atoms with van der Waals surface area (Å²) in [5, 5.41) is 2.63. The molecule has 6 nitrogen and oxygen atoms in total. The van der Waals surface area contributed by atoms with Crippen LogP contribution in [0, 0.1) is 5.82 Å². The minimum absolute atomic E-state index is 0.0539. The number of benzene rings is 3. The number of halogens is 3. The van der Waals surface area contributed by atoms with Gasteiger partial charge in [0.05, 0.1) is 21.8 Å². The number of alkyl halides is 2. The lowest BCUT2D eigenvalue weighted by atomic mass is 10.2. The van der Waals surface area contributed by atoms with Gasteiger partial charge in [-0.3, -0.25) is 14.2 Å². The van der Waals surface area contributed by atoms with Crippen LogP contribution in [0.15, 0.2) is 82.7 Å². The Bertz CT molecular complexity index is 1380. The summed E-state index contributed by atoms with van der Waals surface area (Å²) in [6.07, 6.45) is 0. The van der Waals surface area contributed by atoms with Crippen LogP contribution in [-0.4, -0.2) is 27.3 Å². The van der Waals surface area contributed by atoms with E-state index in [4.69, 9.17) is 0 Å². The number of anilines is 1. The highest BCUT2D eigenvalue weighted by molar-refractivity contribution is 8.00. The molecule has 0 radical (unpaired) electrons. The number of aromatic nitrogens is 2. The van der Waals surface area contributed by atoms with Gasteiger partial charge < -0.3 is 10.1 Å². The molecular formula is C24H18F3N3O3S. The van der Waals surface area contributed by atoms with Gasteiger partial charge in [0.25, 0.3) is 5.56 Å². The largest absolute Gasteiger partial charge is 0.435 e. The fourth-order valence-corrected chi connectivity index (χ4v) is 4.11. The molecule has 0 spiro atoms. The Kier molecular flexibility index (Phi) is 6.87. The van der Waals surface area contributed by atoms with Crippen LogP contribution in [0.1, 0.15) is 6.92 Å². The SMILES string of the molecule is CC(Sc1nc2ccccc2c(=O)n1-c1ccc(OC(F)F)cc1)C(=O)Nc1ccc(F)cc1. The fourth-order valence-electron chi connectivity index (χ4n) is 3.18. The molecule has 0 aliphatic heterocycles. The van der Waals surface area contributed by atoms with Crippen molar-refractivity contribution in [1.82, 2.24) is 9.55 Å². The van der Waals surface area contributed by atoms with Crippen molar-refractivity contribution in [2.24, 2.45) is 0 Å². The monoisotopic (exact) mass is 485 g/mol. The normalized spacial score (nSPS) is 12.0. The number of hydrogen-bond donors (Lipinski definition) is 1. The van der Waals surface area contributed by atoms with Crippen molar-refractivity contribution in [2.75, 3.05) is 5.32 Å². The number of hydrogen-bond acceptors (Lipinski definition) is 5. The van der Waals surface area contributed by atoms with E-state index >= 15 is 0 Å². The molecule has 0 saturated heterocycles. The molecule has 4 aromatic rings. The second kappa shape index (κ2) is 10.0. The Morgan fingerprint density at radius 2 is 1.71 bits per heavy atom. The van der Waals surface area contributed by atoms with Crippen LogP contribution in [0.25, 0.3) is 16.6 Å². The van der Waals surface area contributed by atoms with Gasteiger partial charge in [0, 0.05) is 5.69 Å². The average molecular weight is 485 g/mol. The number of fused-ring (bicyclic) bond motifs is 1. The second-order valence-corrected chi connectivity index (χ2v) is 8.49. The number of carbonyl (C=O) groups is 1. The van der Waals surface area contributed by atoms with E-state index in [2.05, 4.69) is 15.0 Å². The number of thioether (sulfide) groups is 1. The minimum atomic E-state index is -2.97. The van der Waals surface area contributed by atoms with E-state index in [1.165, 1.54) is 53.1 Å². The topological polar surface area (TPSA) is 73.2 Å². The maximum Gasteiger partial charge on any atom is 0.387 e. The van der Waals surface area contributed by atoms with E-state index in [0.717, 1.165) is 11.8 Å². The molecule has 0 fully saturated rings. The van der Waals surface area contributed by atoms with Crippen LogP contribution in [0.2, 0.25) is 0 Å². The molecule has 1 aromatic heterocycles. The highest BCUT2D eigenvalue weighted by Crippen LogP contribution is 2.27. The smallest absolute Gasteiger partial charge is 0.387 e. The zero-order chi connectivity index (χ0) is 24.2. The van der Waals surface area contributed by atoms with E-state index in [9.17, 15) is 22.8 Å². The van der Waals surface area contributed by atoms with Gasteiger partial charge in [-0.05, 0) is 67.6 Å². The first-order valence-corrected chi connectivity index (χ1v) is 11.0. The molecule has 0 aliphatic rings. The van der Waals surface area contributed by atoms with Crippen molar-refractivity contribution in [3.63, 3.8) is 0 Å². The third-order valence-corrected chi connectivity index (χ3v) is 5.88. The average Bonchev–Trinajstić information content (AvgIpc) is 2.81. The summed E-state index contributed by atoms with van der Waals surface area (Å²) < 4.78 is 43.8. The minimum Gasteiger partial charge on any atom is -0.435 e. The van der Waals surface area contributed by atoms with Gasteiger partial charge in [0.1, 0.15) is 11.6 Å². The summed E-state index contributed by atoms with van der Waals surface area (Å²) in [5.74, 6) is -0.845. The summed E-state index contributed by atoms with van der Waals surface area (Å²) in [6, 6.07) is 17.7. The Balaban J connectivity index is 1.69. The summed E-state index contributed by atoms with van der Waals surface area (Å²) in [7, 11) is 0. The van der Waals surface area contributed by atoms with Gasteiger partial charge in [0.2, 0.25) is 5.91 Å². The molecule has 1 amide bonds. The summed E-state index contributed by atoms with van der Waals surface area (Å²) in [5.41, 5.74) is 0.882. The van der Waals surface area contributed by atoms with E-state index in [0.29, 0.717) is 22.3 Å². The van der Waals surface area contributed by atoms with Crippen LogP contribution in [-0.2, 0) is 4.79 Å². The number of para-hydroxylation sites is 1. The van der Waals surface area contributed by atoms with Gasteiger partial charge in [-0.15, -0.1) is 0 Å². The Morgan fingerprint density at radius 3 is 2.38 bits per heavy atom.